The molecule has 0 saturated carbocycles. The minimum Gasteiger partial charge on any atom is -0.455 e. The molecule has 0 saturated heterocycles. The van der Waals surface area contributed by atoms with Crippen LogP contribution in [0.5, 0.6) is 0 Å². The summed E-state index contributed by atoms with van der Waals surface area (Å²) in [5.74, 6) is -0.278. The van der Waals surface area contributed by atoms with Crippen molar-refractivity contribution in [3.05, 3.63) is 114 Å². The Bertz CT molecular complexity index is 1830. The number of aromatic nitrogens is 1. The second-order valence-electron chi connectivity index (χ2n) is 8.98. The molecule has 36 heavy (non-hydrogen) atoms. The molecule has 0 radical (unpaired) electrons. The molecule has 6 rings (SSSR count). The van der Waals surface area contributed by atoms with E-state index in [1.165, 1.54) is 12.3 Å². The topological polar surface area (TPSA) is 40.8 Å². The van der Waals surface area contributed by atoms with Crippen molar-refractivity contribution in [1.29, 1.82) is 5.26 Å². The van der Waals surface area contributed by atoms with Gasteiger partial charge in [-0.25, -0.2) is 4.39 Å². The number of halogens is 1. The highest BCUT2D eigenvalue weighted by atomic mass is 19.1. The molecule has 4 heteroatoms. The average Bonchev–Trinajstić information content (AvgIpc) is 3.29. The Hall–Kier alpha value is -4.75. The molecule has 0 atom stereocenters. The van der Waals surface area contributed by atoms with Gasteiger partial charge in [0.05, 0.1) is 11.6 Å². The van der Waals surface area contributed by atoms with E-state index in [4.69, 9.17) is 4.42 Å². The van der Waals surface area contributed by atoms with Gasteiger partial charge in [-0.05, 0) is 65.6 Å². The predicted octanol–water partition coefficient (Wildman–Crippen LogP) is 7.73. The first kappa shape index (κ1) is 21.8. The van der Waals surface area contributed by atoms with Crippen molar-refractivity contribution in [2.45, 2.75) is 6.92 Å². The molecule has 4 aromatic carbocycles. The number of furan rings is 1. The molecule has 2 aromatic heterocycles. The molecule has 0 bridgehead atoms. The third-order valence-corrected chi connectivity index (χ3v) is 6.82. The fourth-order valence-corrected chi connectivity index (χ4v) is 5.10. The van der Waals surface area contributed by atoms with E-state index in [1.807, 2.05) is 61.6 Å². The Morgan fingerprint density at radius 3 is 2.39 bits per heavy atom. The summed E-state index contributed by atoms with van der Waals surface area (Å²) >= 11 is 0. The van der Waals surface area contributed by atoms with Gasteiger partial charge in [0.2, 0.25) is 11.9 Å². The Balaban J connectivity index is 1.61. The van der Waals surface area contributed by atoms with Gasteiger partial charge in [-0.1, -0.05) is 48.5 Å². The van der Waals surface area contributed by atoms with Gasteiger partial charge in [-0.15, -0.1) is 0 Å². The van der Waals surface area contributed by atoms with E-state index in [9.17, 15) is 9.65 Å². The van der Waals surface area contributed by atoms with Crippen LogP contribution in [-0.2, 0) is 7.05 Å². The number of pyridine rings is 1. The normalized spacial score (nSPS) is 11.2. The summed E-state index contributed by atoms with van der Waals surface area (Å²) in [5, 5.41) is 11.9. The van der Waals surface area contributed by atoms with Gasteiger partial charge < -0.3 is 4.42 Å². The lowest BCUT2D eigenvalue weighted by Gasteiger charge is -2.09. The van der Waals surface area contributed by atoms with Gasteiger partial charge in [0.25, 0.3) is 0 Å². The highest BCUT2D eigenvalue weighted by Gasteiger charge is 2.21. The van der Waals surface area contributed by atoms with E-state index < -0.39 is 0 Å². The lowest BCUT2D eigenvalue weighted by molar-refractivity contribution is -0.661. The number of fused-ring (bicyclic) bond motifs is 3. The van der Waals surface area contributed by atoms with Crippen molar-refractivity contribution in [3.63, 3.8) is 0 Å². The Morgan fingerprint density at radius 1 is 0.833 bits per heavy atom. The van der Waals surface area contributed by atoms with Crippen molar-refractivity contribution < 1.29 is 13.4 Å². The summed E-state index contributed by atoms with van der Waals surface area (Å²) in [4.78, 5) is 0. The van der Waals surface area contributed by atoms with E-state index in [0.717, 1.165) is 55.4 Å². The third kappa shape index (κ3) is 3.45. The number of nitriles is 1. The quantitative estimate of drug-likeness (QED) is 0.249. The summed E-state index contributed by atoms with van der Waals surface area (Å²) < 4.78 is 21.9. The number of benzene rings is 4. The molecule has 2 heterocycles. The van der Waals surface area contributed by atoms with Crippen molar-refractivity contribution in [1.82, 2.24) is 0 Å². The second kappa shape index (κ2) is 8.48. The van der Waals surface area contributed by atoms with Gasteiger partial charge in [-0.2, -0.15) is 9.83 Å². The van der Waals surface area contributed by atoms with E-state index in [0.29, 0.717) is 11.1 Å². The van der Waals surface area contributed by atoms with Gasteiger partial charge in [-0.3, -0.25) is 0 Å². The summed E-state index contributed by atoms with van der Waals surface area (Å²) in [6.07, 6.45) is 1.48. The number of hydrogen-bond donors (Lipinski definition) is 0. The first-order valence-corrected chi connectivity index (χ1v) is 11.8. The Morgan fingerprint density at radius 2 is 1.61 bits per heavy atom. The van der Waals surface area contributed by atoms with Crippen LogP contribution in [0.1, 0.15) is 11.1 Å². The van der Waals surface area contributed by atoms with Crippen LogP contribution in [0.15, 0.2) is 102 Å². The lowest BCUT2D eigenvalue weighted by Crippen LogP contribution is -2.31. The fourth-order valence-electron chi connectivity index (χ4n) is 5.10. The largest absolute Gasteiger partial charge is 0.455 e. The van der Waals surface area contributed by atoms with E-state index in [-0.39, 0.29) is 5.82 Å². The highest BCUT2D eigenvalue weighted by molar-refractivity contribution is 6.13. The molecule has 0 aliphatic heterocycles. The number of rotatable bonds is 3. The molecular formula is C32H22FN2O+. The molecule has 172 valence electrons. The molecule has 0 aliphatic rings. The van der Waals surface area contributed by atoms with E-state index >= 15 is 0 Å². The van der Waals surface area contributed by atoms with Crippen molar-refractivity contribution in [3.8, 4) is 39.6 Å². The first-order valence-electron chi connectivity index (χ1n) is 11.8. The minimum atomic E-state index is -0.278. The van der Waals surface area contributed by atoms with Crippen LogP contribution in [0.2, 0.25) is 0 Å². The molecule has 3 nitrogen and oxygen atoms in total. The lowest BCUT2D eigenvalue weighted by atomic mass is 9.93. The van der Waals surface area contributed by atoms with Gasteiger partial charge >= 0.3 is 0 Å². The van der Waals surface area contributed by atoms with Crippen molar-refractivity contribution >= 4 is 21.9 Å². The first-order chi connectivity index (χ1) is 17.5. The number of nitrogens with zero attached hydrogens (tertiary/aromatic N) is 2. The monoisotopic (exact) mass is 469 g/mol. The smallest absolute Gasteiger partial charge is 0.212 e. The van der Waals surface area contributed by atoms with Gasteiger partial charge in [0, 0.05) is 28.0 Å². The maximum absolute atomic E-state index is 13.7. The Kier molecular flexibility index (Phi) is 5.13. The maximum Gasteiger partial charge on any atom is 0.212 e. The van der Waals surface area contributed by atoms with Crippen LogP contribution in [0.4, 0.5) is 4.39 Å². The highest BCUT2D eigenvalue weighted by Crippen LogP contribution is 2.41. The molecule has 6 aromatic rings. The summed E-state index contributed by atoms with van der Waals surface area (Å²) in [6, 6.07) is 31.8. The van der Waals surface area contributed by atoms with Gasteiger partial charge in [0.15, 0.2) is 5.82 Å². The fraction of sp³-hybridized carbons (Fsp3) is 0.0625. The molecule has 0 spiro atoms. The SMILES string of the molecule is Cc1c(-c2ccc(F)c[n+]2C)ccc2oc3c(-c4cccc(-c5ccccc5)c4)c(C#N)ccc3c12. The van der Waals surface area contributed by atoms with Crippen LogP contribution in [0.25, 0.3) is 55.4 Å². The van der Waals surface area contributed by atoms with Crippen LogP contribution >= 0.6 is 0 Å². The minimum absolute atomic E-state index is 0.278. The maximum atomic E-state index is 13.7. The predicted molar refractivity (Wildman–Crippen MR) is 141 cm³/mol. The van der Waals surface area contributed by atoms with Gasteiger partial charge in [0.1, 0.15) is 18.2 Å². The zero-order valence-corrected chi connectivity index (χ0v) is 19.9. The standard InChI is InChI=1S/C32H22FN2O/c1-20-26(28-15-12-25(33)19-35(28)2)14-16-29-30(20)27-13-11-24(18-34)31(32(27)36-29)23-10-6-9-22(17-23)21-7-4-3-5-8-21/h3-17,19H,1-2H3/q+1. The number of aryl methyl sites for hydroxylation is 2. The van der Waals surface area contributed by atoms with Crippen molar-refractivity contribution in [2.75, 3.05) is 0 Å². The molecule has 0 aliphatic carbocycles. The van der Waals surface area contributed by atoms with Crippen LogP contribution < -0.4 is 4.57 Å². The van der Waals surface area contributed by atoms with Crippen molar-refractivity contribution in [2.24, 2.45) is 7.05 Å². The zero-order valence-electron chi connectivity index (χ0n) is 19.9. The summed E-state index contributed by atoms with van der Waals surface area (Å²) in [7, 11) is 1.84. The van der Waals surface area contributed by atoms with E-state index in [2.05, 4.69) is 37.3 Å². The van der Waals surface area contributed by atoms with Crippen LogP contribution in [-0.4, -0.2) is 0 Å². The summed E-state index contributed by atoms with van der Waals surface area (Å²) in [5.41, 5.74) is 8.88. The number of hydrogen-bond acceptors (Lipinski definition) is 2. The molecule has 0 unspecified atom stereocenters. The molecule has 0 amide bonds. The third-order valence-electron chi connectivity index (χ3n) is 6.82. The average molecular weight is 470 g/mol. The molecule has 0 N–H and O–H groups in total. The second-order valence-corrected chi connectivity index (χ2v) is 8.98. The zero-order chi connectivity index (χ0) is 24.8. The van der Waals surface area contributed by atoms with E-state index in [1.54, 1.807) is 10.6 Å². The molecular weight excluding hydrogens is 447 g/mol. The van der Waals surface area contributed by atoms with Crippen LogP contribution in [0.3, 0.4) is 0 Å². The molecule has 0 fully saturated rings. The van der Waals surface area contributed by atoms with Crippen LogP contribution in [0, 0.1) is 24.1 Å². The Labute approximate surface area is 208 Å². The summed E-state index contributed by atoms with van der Waals surface area (Å²) in [6.45, 7) is 2.06.